The van der Waals surface area contributed by atoms with Crippen molar-refractivity contribution in [3.8, 4) is 0 Å². The van der Waals surface area contributed by atoms with Gasteiger partial charge in [-0.2, -0.15) is 0 Å². The maximum Gasteiger partial charge on any atom is 0.0216 e. The number of thioether (sulfide) groups is 1. The van der Waals surface area contributed by atoms with Crippen LogP contribution in [0.3, 0.4) is 0 Å². The van der Waals surface area contributed by atoms with Gasteiger partial charge in [0, 0.05) is 23.7 Å². The van der Waals surface area contributed by atoms with Crippen molar-refractivity contribution in [3.05, 3.63) is 29.8 Å². The highest BCUT2D eigenvalue weighted by Crippen LogP contribution is 2.22. The minimum atomic E-state index is 0.988. The molecule has 19 heavy (non-hydrogen) atoms. The zero-order valence-electron chi connectivity index (χ0n) is 12.6. The molecule has 0 fully saturated rings. The normalized spacial score (nSPS) is 11.2. The number of hydrogen-bond acceptors (Lipinski definition) is 3. The summed E-state index contributed by atoms with van der Waals surface area (Å²) in [5, 5.41) is 3.49. The van der Waals surface area contributed by atoms with E-state index >= 15 is 0 Å². The Kier molecular flexibility index (Phi) is 8.97. The third-order valence-electron chi connectivity index (χ3n) is 3.27. The molecule has 0 atom stereocenters. The quantitative estimate of drug-likeness (QED) is 0.520. The summed E-state index contributed by atoms with van der Waals surface area (Å²) in [5.74, 6) is 1.17. The van der Waals surface area contributed by atoms with Crippen LogP contribution in [-0.2, 0) is 6.54 Å². The molecule has 0 heterocycles. The average molecular weight is 280 g/mol. The van der Waals surface area contributed by atoms with E-state index in [1.165, 1.54) is 29.2 Å². The summed E-state index contributed by atoms with van der Waals surface area (Å²) in [5.41, 5.74) is 1.43. The third-order valence-corrected chi connectivity index (χ3v) is 4.37. The molecule has 0 aliphatic heterocycles. The molecule has 0 spiro atoms. The number of hydrogen-bond donors (Lipinski definition) is 1. The van der Waals surface area contributed by atoms with Crippen LogP contribution in [0.4, 0.5) is 0 Å². The number of nitrogens with one attached hydrogen (secondary N) is 1. The van der Waals surface area contributed by atoms with Crippen molar-refractivity contribution in [1.82, 2.24) is 10.2 Å². The first-order valence-corrected chi connectivity index (χ1v) is 8.44. The Morgan fingerprint density at radius 1 is 1.11 bits per heavy atom. The number of benzene rings is 1. The second kappa shape index (κ2) is 10.3. The Hall–Kier alpha value is -0.510. The average Bonchev–Trinajstić information content (AvgIpc) is 2.45. The van der Waals surface area contributed by atoms with E-state index in [0.29, 0.717) is 0 Å². The summed E-state index contributed by atoms with van der Waals surface area (Å²) in [6, 6.07) is 8.76. The Bertz CT molecular complexity index is 337. The SMILES string of the molecule is CCCNCc1ccccc1SCCN(CC)CC. The van der Waals surface area contributed by atoms with E-state index < -0.39 is 0 Å². The smallest absolute Gasteiger partial charge is 0.0216 e. The van der Waals surface area contributed by atoms with Crippen LogP contribution in [0.15, 0.2) is 29.2 Å². The Morgan fingerprint density at radius 2 is 1.84 bits per heavy atom. The molecule has 1 aromatic rings. The van der Waals surface area contributed by atoms with E-state index in [1.807, 2.05) is 11.8 Å². The summed E-state index contributed by atoms with van der Waals surface area (Å²) in [7, 11) is 0. The first-order chi connectivity index (χ1) is 9.31. The molecule has 1 N–H and O–H groups in total. The maximum absolute atomic E-state index is 3.49. The van der Waals surface area contributed by atoms with Gasteiger partial charge in [0.15, 0.2) is 0 Å². The van der Waals surface area contributed by atoms with Crippen LogP contribution in [0.2, 0.25) is 0 Å². The van der Waals surface area contributed by atoms with Crippen LogP contribution in [-0.4, -0.2) is 36.8 Å². The monoisotopic (exact) mass is 280 g/mol. The van der Waals surface area contributed by atoms with E-state index in [4.69, 9.17) is 0 Å². The second-order valence-corrected chi connectivity index (χ2v) is 5.80. The predicted octanol–water partition coefficient (Wildman–Crippen LogP) is 3.62. The van der Waals surface area contributed by atoms with Crippen LogP contribution in [0.5, 0.6) is 0 Å². The number of rotatable bonds is 10. The van der Waals surface area contributed by atoms with Crippen molar-refractivity contribution in [1.29, 1.82) is 0 Å². The van der Waals surface area contributed by atoms with Gasteiger partial charge in [0.25, 0.3) is 0 Å². The molecule has 108 valence electrons. The maximum atomic E-state index is 3.49. The highest BCUT2D eigenvalue weighted by atomic mass is 32.2. The highest BCUT2D eigenvalue weighted by Gasteiger charge is 2.03. The lowest BCUT2D eigenvalue weighted by Crippen LogP contribution is -2.25. The molecule has 0 radical (unpaired) electrons. The van der Waals surface area contributed by atoms with Gasteiger partial charge in [-0.05, 0) is 37.7 Å². The van der Waals surface area contributed by atoms with Crippen LogP contribution in [0, 0.1) is 0 Å². The summed E-state index contributed by atoms with van der Waals surface area (Å²) < 4.78 is 0. The summed E-state index contributed by atoms with van der Waals surface area (Å²) in [4.78, 5) is 3.91. The van der Waals surface area contributed by atoms with Crippen molar-refractivity contribution in [2.75, 3.05) is 31.9 Å². The molecular formula is C16H28N2S. The van der Waals surface area contributed by atoms with Gasteiger partial charge in [0.2, 0.25) is 0 Å². The first-order valence-electron chi connectivity index (χ1n) is 7.45. The largest absolute Gasteiger partial charge is 0.313 e. The molecule has 2 nitrogen and oxygen atoms in total. The molecule has 0 amide bonds. The highest BCUT2D eigenvalue weighted by molar-refractivity contribution is 7.99. The molecule has 0 saturated heterocycles. The van der Waals surface area contributed by atoms with E-state index in [-0.39, 0.29) is 0 Å². The standard InChI is InChI=1S/C16H28N2S/c1-4-11-17-14-15-9-7-8-10-16(15)19-13-12-18(5-2)6-3/h7-10,17H,4-6,11-14H2,1-3H3. The van der Waals surface area contributed by atoms with E-state index in [2.05, 4.69) is 55.3 Å². The Labute approximate surface area is 123 Å². The van der Waals surface area contributed by atoms with Gasteiger partial charge in [-0.15, -0.1) is 11.8 Å². The molecule has 0 unspecified atom stereocenters. The van der Waals surface area contributed by atoms with E-state index in [0.717, 1.165) is 26.2 Å². The molecule has 0 saturated carbocycles. The topological polar surface area (TPSA) is 15.3 Å². The molecule has 0 aliphatic rings. The fourth-order valence-corrected chi connectivity index (χ4v) is 3.08. The minimum Gasteiger partial charge on any atom is -0.313 e. The summed E-state index contributed by atoms with van der Waals surface area (Å²) in [6.07, 6.45) is 1.19. The van der Waals surface area contributed by atoms with Gasteiger partial charge in [-0.25, -0.2) is 0 Å². The van der Waals surface area contributed by atoms with E-state index in [1.54, 1.807) is 0 Å². The molecule has 0 bridgehead atoms. The Balaban J connectivity index is 2.43. The predicted molar refractivity (Wildman–Crippen MR) is 87.0 cm³/mol. The zero-order chi connectivity index (χ0) is 13.9. The van der Waals surface area contributed by atoms with Crippen molar-refractivity contribution in [2.24, 2.45) is 0 Å². The van der Waals surface area contributed by atoms with Crippen LogP contribution in [0.1, 0.15) is 32.8 Å². The van der Waals surface area contributed by atoms with Crippen LogP contribution in [0.25, 0.3) is 0 Å². The van der Waals surface area contributed by atoms with Crippen molar-refractivity contribution < 1.29 is 0 Å². The molecule has 0 aliphatic carbocycles. The summed E-state index contributed by atoms with van der Waals surface area (Å²) in [6.45, 7) is 12.2. The van der Waals surface area contributed by atoms with Crippen LogP contribution < -0.4 is 5.32 Å². The van der Waals surface area contributed by atoms with Gasteiger partial charge in [0.1, 0.15) is 0 Å². The molecular weight excluding hydrogens is 252 g/mol. The van der Waals surface area contributed by atoms with Crippen molar-refractivity contribution in [3.63, 3.8) is 0 Å². The fourth-order valence-electron chi connectivity index (χ4n) is 2.02. The minimum absolute atomic E-state index is 0.988. The molecule has 3 heteroatoms. The van der Waals surface area contributed by atoms with Gasteiger partial charge < -0.3 is 10.2 Å². The number of nitrogens with zero attached hydrogens (tertiary/aromatic N) is 1. The molecule has 1 aromatic carbocycles. The van der Waals surface area contributed by atoms with Crippen LogP contribution >= 0.6 is 11.8 Å². The third kappa shape index (κ3) is 6.46. The lowest BCUT2D eigenvalue weighted by molar-refractivity contribution is 0.324. The van der Waals surface area contributed by atoms with Gasteiger partial charge in [-0.3, -0.25) is 0 Å². The molecule has 1 rings (SSSR count). The first kappa shape index (κ1) is 16.5. The molecule has 0 aromatic heterocycles. The summed E-state index contributed by atoms with van der Waals surface area (Å²) >= 11 is 1.98. The van der Waals surface area contributed by atoms with Gasteiger partial charge in [0.05, 0.1) is 0 Å². The van der Waals surface area contributed by atoms with E-state index in [9.17, 15) is 0 Å². The van der Waals surface area contributed by atoms with Crippen molar-refractivity contribution in [2.45, 2.75) is 38.6 Å². The van der Waals surface area contributed by atoms with Gasteiger partial charge >= 0.3 is 0 Å². The zero-order valence-corrected chi connectivity index (χ0v) is 13.4. The second-order valence-electron chi connectivity index (χ2n) is 4.66. The lowest BCUT2D eigenvalue weighted by Gasteiger charge is -2.18. The van der Waals surface area contributed by atoms with Gasteiger partial charge in [-0.1, -0.05) is 39.0 Å². The van der Waals surface area contributed by atoms with Crippen molar-refractivity contribution >= 4 is 11.8 Å². The Morgan fingerprint density at radius 3 is 2.53 bits per heavy atom. The lowest BCUT2D eigenvalue weighted by atomic mass is 10.2. The fraction of sp³-hybridized carbons (Fsp3) is 0.625.